The number of nitrogens with zero attached hydrogens (tertiary/aromatic N) is 1. The third kappa shape index (κ3) is 1.50. The zero-order valence-electron chi connectivity index (χ0n) is 6.74. The first-order valence-electron chi connectivity index (χ1n) is 3.35. The Hall–Kier alpha value is -0.830. The summed E-state index contributed by atoms with van der Waals surface area (Å²) in [6.07, 6.45) is 0. The van der Waals surface area contributed by atoms with Crippen LogP contribution in [0.3, 0.4) is 0 Å². The molecule has 1 nitrogen and oxygen atoms in total. The van der Waals surface area contributed by atoms with Gasteiger partial charge in [-0.1, -0.05) is 11.6 Å². The lowest BCUT2D eigenvalue weighted by Gasteiger charge is -2.13. The van der Waals surface area contributed by atoms with Crippen LogP contribution in [0.15, 0.2) is 12.1 Å². The quantitative estimate of drug-likeness (QED) is 0.617. The highest BCUT2D eigenvalue weighted by Gasteiger charge is 2.12. The first kappa shape index (κ1) is 9.26. The molecule has 0 unspecified atom stereocenters. The maximum Gasteiger partial charge on any atom is 0.168 e. The minimum Gasteiger partial charge on any atom is -0.375 e. The molecular weight excluding hydrogens is 184 g/mol. The summed E-state index contributed by atoms with van der Waals surface area (Å²) in [5.41, 5.74) is 0.279. The van der Waals surface area contributed by atoms with Gasteiger partial charge in [0.05, 0.1) is 5.69 Å². The van der Waals surface area contributed by atoms with Gasteiger partial charge in [0.2, 0.25) is 0 Å². The zero-order chi connectivity index (χ0) is 9.30. The van der Waals surface area contributed by atoms with Crippen molar-refractivity contribution < 1.29 is 8.78 Å². The van der Waals surface area contributed by atoms with E-state index in [0.29, 0.717) is 0 Å². The first-order valence-corrected chi connectivity index (χ1v) is 3.72. The van der Waals surface area contributed by atoms with Gasteiger partial charge in [-0.2, -0.15) is 0 Å². The standard InChI is InChI=1S/C8H8ClF2N/c1-12(2)6-4-3-5(10)7(9)8(6)11/h3-4H,1-2H3. The summed E-state index contributed by atoms with van der Waals surface area (Å²) < 4.78 is 25.7. The van der Waals surface area contributed by atoms with Crippen LogP contribution >= 0.6 is 11.6 Å². The van der Waals surface area contributed by atoms with Gasteiger partial charge in [-0.25, -0.2) is 8.78 Å². The summed E-state index contributed by atoms with van der Waals surface area (Å²) in [5.74, 6) is -1.46. The number of anilines is 1. The van der Waals surface area contributed by atoms with Crippen molar-refractivity contribution in [1.29, 1.82) is 0 Å². The molecule has 0 aliphatic carbocycles. The molecule has 0 fully saturated rings. The Morgan fingerprint density at radius 1 is 1.25 bits per heavy atom. The molecule has 1 aromatic rings. The van der Waals surface area contributed by atoms with Gasteiger partial charge in [0.25, 0.3) is 0 Å². The molecule has 1 aromatic carbocycles. The molecule has 0 aliphatic rings. The molecular formula is C8H8ClF2N. The van der Waals surface area contributed by atoms with Gasteiger partial charge in [0.1, 0.15) is 10.8 Å². The minimum atomic E-state index is -0.736. The average Bonchev–Trinajstić information content (AvgIpc) is 2.00. The van der Waals surface area contributed by atoms with Gasteiger partial charge in [-0.15, -0.1) is 0 Å². The van der Waals surface area contributed by atoms with Gasteiger partial charge < -0.3 is 4.90 Å². The largest absolute Gasteiger partial charge is 0.375 e. The second kappa shape index (κ2) is 3.27. The SMILES string of the molecule is CN(C)c1ccc(F)c(Cl)c1F. The maximum absolute atomic E-state index is 13.1. The molecule has 4 heteroatoms. The lowest BCUT2D eigenvalue weighted by molar-refractivity contribution is 0.583. The topological polar surface area (TPSA) is 3.24 Å². The van der Waals surface area contributed by atoms with Crippen LogP contribution in [0, 0.1) is 11.6 Å². The van der Waals surface area contributed by atoms with Crippen LogP contribution in [-0.2, 0) is 0 Å². The molecule has 0 radical (unpaired) electrons. The maximum atomic E-state index is 13.1. The summed E-state index contributed by atoms with van der Waals surface area (Å²) in [5, 5.41) is -0.457. The summed E-state index contributed by atoms with van der Waals surface area (Å²) in [7, 11) is 3.32. The molecule has 66 valence electrons. The van der Waals surface area contributed by atoms with Gasteiger partial charge in [0, 0.05) is 14.1 Å². The molecule has 0 aliphatic heterocycles. The molecule has 0 spiro atoms. The third-order valence-corrected chi connectivity index (χ3v) is 1.84. The Bertz CT molecular complexity index is 299. The molecule has 0 amide bonds. The Morgan fingerprint density at radius 2 is 1.83 bits per heavy atom. The van der Waals surface area contributed by atoms with Crippen molar-refractivity contribution in [2.24, 2.45) is 0 Å². The Balaban J connectivity index is 3.27. The van der Waals surface area contributed by atoms with E-state index in [1.165, 1.54) is 11.0 Å². The van der Waals surface area contributed by atoms with Gasteiger partial charge in [-0.3, -0.25) is 0 Å². The van der Waals surface area contributed by atoms with Crippen molar-refractivity contribution in [3.63, 3.8) is 0 Å². The second-order valence-electron chi connectivity index (χ2n) is 2.59. The summed E-state index contributed by atoms with van der Waals surface area (Å²) >= 11 is 5.35. The van der Waals surface area contributed by atoms with Gasteiger partial charge in [0.15, 0.2) is 5.82 Å². The van der Waals surface area contributed by atoms with Crippen molar-refractivity contribution in [2.75, 3.05) is 19.0 Å². The smallest absolute Gasteiger partial charge is 0.168 e. The fraction of sp³-hybridized carbons (Fsp3) is 0.250. The molecule has 0 N–H and O–H groups in total. The summed E-state index contributed by atoms with van der Waals surface area (Å²) in [4.78, 5) is 1.53. The van der Waals surface area contributed by atoms with Crippen LogP contribution in [0.5, 0.6) is 0 Å². The fourth-order valence-electron chi connectivity index (χ4n) is 0.861. The van der Waals surface area contributed by atoms with E-state index in [4.69, 9.17) is 11.6 Å². The Labute approximate surface area is 74.6 Å². The summed E-state index contributed by atoms with van der Waals surface area (Å²) in [6, 6.07) is 2.48. The highest BCUT2D eigenvalue weighted by atomic mass is 35.5. The Morgan fingerprint density at radius 3 is 2.33 bits per heavy atom. The van der Waals surface area contributed by atoms with Crippen LogP contribution in [-0.4, -0.2) is 14.1 Å². The number of rotatable bonds is 1. The number of benzene rings is 1. The van der Waals surface area contributed by atoms with Gasteiger partial charge in [-0.05, 0) is 12.1 Å². The van der Waals surface area contributed by atoms with Crippen molar-refractivity contribution >= 4 is 17.3 Å². The van der Waals surface area contributed by atoms with E-state index in [9.17, 15) is 8.78 Å². The average molecular weight is 192 g/mol. The molecule has 0 heterocycles. The van der Waals surface area contributed by atoms with Crippen molar-refractivity contribution in [3.05, 3.63) is 28.8 Å². The first-order chi connectivity index (χ1) is 5.54. The number of halogens is 3. The molecule has 12 heavy (non-hydrogen) atoms. The zero-order valence-corrected chi connectivity index (χ0v) is 7.49. The summed E-state index contributed by atoms with van der Waals surface area (Å²) in [6.45, 7) is 0. The van der Waals surface area contributed by atoms with E-state index in [1.807, 2.05) is 0 Å². The molecule has 0 saturated carbocycles. The van der Waals surface area contributed by atoms with Crippen molar-refractivity contribution in [3.8, 4) is 0 Å². The van der Waals surface area contributed by atoms with Crippen LogP contribution in [0.1, 0.15) is 0 Å². The lowest BCUT2D eigenvalue weighted by atomic mass is 10.3. The normalized spacial score (nSPS) is 10.1. The highest BCUT2D eigenvalue weighted by molar-refractivity contribution is 6.31. The van der Waals surface area contributed by atoms with E-state index in [1.54, 1.807) is 14.1 Å². The van der Waals surface area contributed by atoms with Gasteiger partial charge >= 0.3 is 0 Å². The number of hydrogen-bond acceptors (Lipinski definition) is 1. The third-order valence-electron chi connectivity index (χ3n) is 1.50. The molecule has 0 aromatic heterocycles. The van der Waals surface area contributed by atoms with E-state index >= 15 is 0 Å². The second-order valence-corrected chi connectivity index (χ2v) is 2.97. The van der Waals surface area contributed by atoms with Crippen molar-refractivity contribution in [2.45, 2.75) is 0 Å². The van der Waals surface area contributed by atoms with Crippen LogP contribution < -0.4 is 4.90 Å². The van der Waals surface area contributed by atoms with E-state index in [-0.39, 0.29) is 5.69 Å². The predicted molar refractivity (Wildman–Crippen MR) is 45.7 cm³/mol. The molecule has 0 saturated heterocycles. The predicted octanol–water partition coefficient (Wildman–Crippen LogP) is 2.68. The highest BCUT2D eigenvalue weighted by Crippen LogP contribution is 2.26. The van der Waals surface area contributed by atoms with Crippen LogP contribution in [0.25, 0.3) is 0 Å². The van der Waals surface area contributed by atoms with Crippen LogP contribution in [0.4, 0.5) is 14.5 Å². The van der Waals surface area contributed by atoms with E-state index < -0.39 is 16.7 Å². The van der Waals surface area contributed by atoms with Crippen molar-refractivity contribution in [1.82, 2.24) is 0 Å². The monoisotopic (exact) mass is 191 g/mol. The van der Waals surface area contributed by atoms with E-state index in [2.05, 4.69) is 0 Å². The minimum absolute atomic E-state index is 0.279. The fourth-order valence-corrected chi connectivity index (χ4v) is 1.02. The molecule has 0 bridgehead atoms. The van der Waals surface area contributed by atoms with Crippen LogP contribution in [0.2, 0.25) is 5.02 Å². The Kier molecular flexibility index (Phi) is 2.52. The lowest BCUT2D eigenvalue weighted by Crippen LogP contribution is -2.11. The number of hydrogen-bond donors (Lipinski definition) is 0. The molecule has 1 rings (SSSR count). The molecule has 0 atom stereocenters. The van der Waals surface area contributed by atoms with E-state index in [0.717, 1.165) is 6.07 Å².